The third kappa shape index (κ3) is 4.52. The lowest BCUT2D eigenvalue weighted by Gasteiger charge is -2.12. The number of rotatable bonds is 7. The minimum Gasteiger partial charge on any atom is -0.392 e. The van der Waals surface area contributed by atoms with Crippen LogP contribution in [0, 0.1) is 10.1 Å². The molecule has 1 unspecified atom stereocenters. The Hall–Kier alpha value is -0.930. The van der Waals surface area contributed by atoms with E-state index < -0.39 is 36.7 Å². The van der Waals surface area contributed by atoms with E-state index in [-0.39, 0.29) is 11.6 Å². The number of sulfonamides is 1. The van der Waals surface area contributed by atoms with Crippen LogP contribution in [0.5, 0.6) is 0 Å². The van der Waals surface area contributed by atoms with Crippen molar-refractivity contribution in [2.24, 2.45) is 0 Å². The number of benzene rings is 1. The molecule has 10 heteroatoms. The van der Waals surface area contributed by atoms with Crippen LogP contribution in [0.15, 0.2) is 17.0 Å². The number of aliphatic hydroxyl groups excluding tert-OH is 1. The van der Waals surface area contributed by atoms with Crippen LogP contribution in [0.4, 0.5) is 5.69 Å². The van der Waals surface area contributed by atoms with Crippen molar-refractivity contribution in [1.82, 2.24) is 4.72 Å². The number of hydrogen-bond donors (Lipinski definition) is 2. The molecule has 0 aliphatic heterocycles. The minimum atomic E-state index is -4.08. The molecule has 0 aliphatic carbocycles. The summed E-state index contributed by atoms with van der Waals surface area (Å²) in [5.74, 6) is 0. The molecule has 1 rings (SSSR count). The lowest BCUT2D eigenvalue weighted by atomic mass is 10.2. The molecule has 7 nitrogen and oxygen atoms in total. The molecule has 118 valence electrons. The highest BCUT2D eigenvalue weighted by Crippen LogP contribution is 2.36. The van der Waals surface area contributed by atoms with Crippen molar-refractivity contribution in [2.45, 2.75) is 30.8 Å². The predicted molar refractivity (Wildman–Crippen MR) is 79.2 cm³/mol. The fourth-order valence-electron chi connectivity index (χ4n) is 1.62. The third-order valence-electron chi connectivity index (χ3n) is 2.63. The van der Waals surface area contributed by atoms with Gasteiger partial charge in [0.2, 0.25) is 10.0 Å². The minimum absolute atomic E-state index is 0.205. The summed E-state index contributed by atoms with van der Waals surface area (Å²) in [5, 5.41) is 19.6. The zero-order valence-electron chi connectivity index (χ0n) is 11.0. The first-order valence-electron chi connectivity index (χ1n) is 6.00. The van der Waals surface area contributed by atoms with Gasteiger partial charge >= 0.3 is 5.69 Å². The highest BCUT2D eigenvalue weighted by atomic mass is 35.5. The van der Waals surface area contributed by atoms with Crippen molar-refractivity contribution in [3.05, 3.63) is 32.3 Å². The van der Waals surface area contributed by atoms with Gasteiger partial charge in [0.1, 0.15) is 14.9 Å². The van der Waals surface area contributed by atoms with Gasteiger partial charge < -0.3 is 5.11 Å². The second kappa shape index (κ2) is 7.37. The molecule has 2 N–H and O–H groups in total. The molecule has 1 aromatic carbocycles. The van der Waals surface area contributed by atoms with Gasteiger partial charge in [0.15, 0.2) is 0 Å². The van der Waals surface area contributed by atoms with Gasteiger partial charge in [-0.1, -0.05) is 36.5 Å². The van der Waals surface area contributed by atoms with E-state index in [1.165, 1.54) is 0 Å². The van der Waals surface area contributed by atoms with Crippen LogP contribution >= 0.6 is 23.2 Å². The fourth-order valence-corrected chi connectivity index (χ4v) is 3.58. The third-order valence-corrected chi connectivity index (χ3v) is 4.90. The van der Waals surface area contributed by atoms with Gasteiger partial charge in [-0.2, -0.15) is 0 Å². The van der Waals surface area contributed by atoms with Crippen molar-refractivity contribution in [1.29, 1.82) is 0 Å². The fraction of sp³-hybridized carbons (Fsp3) is 0.455. The van der Waals surface area contributed by atoms with E-state index >= 15 is 0 Å². The van der Waals surface area contributed by atoms with E-state index in [1.807, 2.05) is 6.92 Å². The van der Waals surface area contributed by atoms with E-state index in [0.29, 0.717) is 12.8 Å². The zero-order valence-corrected chi connectivity index (χ0v) is 13.4. The van der Waals surface area contributed by atoms with Crippen LogP contribution < -0.4 is 4.72 Å². The van der Waals surface area contributed by atoms with Gasteiger partial charge in [0.05, 0.1) is 11.0 Å². The largest absolute Gasteiger partial charge is 0.392 e. The number of nitro groups is 1. The first-order chi connectivity index (χ1) is 9.70. The SMILES string of the molecule is CCCC(O)CNS(=O)(=O)c1ccc(Cl)c([N+](=O)[O-])c1Cl. The van der Waals surface area contributed by atoms with E-state index in [9.17, 15) is 23.6 Å². The van der Waals surface area contributed by atoms with Crippen molar-refractivity contribution in [3.63, 3.8) is 0 Å². The Morgan fingerprint density at radius 2 is 2.05 bits per heavy atom. The van der Waals surface area contributed by atoms with Crippen LogP contribution in [0.3, 0.4) is 0 Å². The average molecular weight is 357 g/mol. The quantitative estimate of drug-likeness (QED) is 0.575. The molecule has 0 fully saturated rings. The molecule has 0 amide bonds. The maximum Gasteiger partial charge on any atom is 0.307 e. The maximum atomic E-state index is 12.1. The van der Waals surface area contributed by atoms with Crippen molar-refractivity contribution in [2.75, 3.05) is 6.54 Å². The van der Waals surface area contributed by atoms with Gasteiger partial charge in [0, 0.05) is 6.54 Å². The van der Waals surface area contributed by atoms with Crippen LogP contribution in [0.2, 0.25) is 10.0 Å². The summed E-state index contributed by atoms with van der Waals surface area (Å²) in [6.45, 7) is 1.64. The molecule has 0 aliphatic rings. The highest BCUT2D eigenvalue weighted by Gasteiger charge is 2.27. The summed E-state index contributed by atoms with van der Waals surface area (Å²) in [4.78, 5) is 9.55. The van der Waals surface area contributed by atoms with E-state index in [0.717, 1.165) is 12.1 Å². The van der Waals surface area contributed by atoms with Crippen LogP contribution in [-0.2, 0) is 10.0 Å². The van der Waals surface area contributed by atoms with E-state index in [4.69, 9.17) is 23.2 Å². The standard InChI is InChI=1S/C11H14Cl2N2O5S/c1-2-3-7(16)6-14-21(19,20)9-5-4-8(12)11(10(9)13)15(17)18/h4-5,7,14,16H,2-3,6H2,1H3. The summed E-state index contributed by atoms with van der Waals surface area (Å²) in [6.07, 6.45) is 0.276. The highest BCUT2D eigenvalue weighted by molar-refractivity contribution is 7.89. The average Bonchev–Trinajstić information content (AvgIpc) is 2.36. The lowest BCUT2D eigenvalue weighted by Crippen LogP contribution is -2.32. The molecule has 21 heavy (non-hydrogen) atoms. The zero-order chi connectivity index (χ0) is 16.2. The summed E-state index contributed by atoms with van der Waals surface area (Å²) < 4.78 is 26.3. The summed E-state index contributed by atoms with van der Waals surface area (Å²) in [6, 6.07) is 2.16. The Kier molecular flexibility index (Phi) is 6.36. The van der Waals surface area contributed by atoms with Gasteiger partial charge in [-0.3, -0.25) is 10.1 Å². The predicted octanol–water partition coefficient (Wildman–Crippen LogP) is 2.34. The smallest absolute Gasteiger partial charge is 0.307 e. The lowest BCUT2D eigenvalue weighted by molar-refractivity contribution is -0.384. The number of aliphatic hydroxyl groups is 1. The summed E-state index contributed by atoms with van der Waals surface area (Å²) in [5.41, 5.74) is -0.671. The van der Waals surface area contributed by atoms with Crippen molar-refractivity contribution in [3.8, 4) is 0 Å². The molecule has 0 spiro atoms. The van der Waals surface area contributed by atoms with Crippen LogP contribution in [-0.4, -0.2) is 31.1 Å². The Morgan fingerprint density at radius 3 is 2.57 bits per heavy atom. The Bertz CT molecular complexity index is 636. The Labute approximate surface area is 132 Å². The molecule has 0 aromatic heterocycles. The van der Waals surface area contributed by atoms with Gasteiger partial charge in [-0.25, -0.2) is 13.1 Å². The number of nitrogens with one attached hydrogen (secondary N) is 1. The van der Waals surface area contributed by atoms with Crippen LogP contribution in [0.1, 0.15) is 19.8 Å². The molecule has 0 saturated heterocycles. The number of nitro benzene ring substituents is 1. The second-order valence-corrected chi connectivity index (χ2v) is 6.78. The van der Waals surface area contributed by atoms with E-state index in [1.54, 1.807) is 0 Å². The van der Waals surface area contributed by atoms with E-state index in [2.05, 4.69) is 4.72 Å². The first kappa shape index (κ1) is 18.1. The molecule has 1 aromatic rings. The maximum absolute atomic E-state index is 12.1. The van der Waals surface area contributed by atoms with Crippen molar-refractivity contribution >= 4 is 38.9 Å². The Morgan fingerprint density at radius 1 is 1.43 bits per heavy atom. The molecule has 1 atom stereocenters. The van der Waals surface area contributed by atoms with Gasteiger partial charge in [-0.05, 0) is 18.6 Å². The second-order valence-electron chi connectivity index (χ2n) is 4.26. The van der Waals surface area contributed by atoms with Crippen LogP contribution in [0.25, 0.3) is 0 Å². The molecular weight excluding hydrogens is 343 g/mol. The molecule has 0 bridgehead atoms. The topological polar surface area (TPSA) is 110 Å². The summed E-state index contributed by atoms with van der Waals surface area (Å²) >= 11 is 11.4. The van der Waals surface area contributed by atoms with Gasteiger partial charge in [-0.15, -0.1) is 0 Å². The molecular formula is C11H14Cl2N2O5S. The monoisotopic (exact) mass is 356 g/mol. The number of nitrogens with zero attached hydrogens (tertiary/aromatic N) is 1. The molecule has 0 radical (unpaired) electrons. The number of hydrogen-bond acceptors (Lipinski definition) is 5. The van der Waals surface area contributed by atoms with Gasteiger partial charge in [0.25, 0.3) is 0 Å². The molecule has 0 saturated carbocycles. The Balaban J connectivity index is 3.10. The first-order valence-corrected chi connectivity index (χ1v) is 8.24. The molecule has 0 heterocycles. The number of halogens is 2. The summed E-state index contributed by atoms with van der Waals surface area (Å²) in [7, 11) is -4.08. The van der Waals surface area contributed by atoms with Crippen molar-refractivity contribution < 1.29 is 18.4 Å². The normalized spacial score (nSPS) is 13.1.